The predicted molar refractivity (Wildman–Crippen MR) is 102 cm³/mol. The van der Waals surface area contributed by atoms with Gasteiger partial charge in [-0.15, -0.1) is 11.3 Å². The summed E-state index contributed by atoms with van der Waals surface area (Å²) < 4.78 is 19.7. The predicted octanol–water partition coefficient (Wildman–Crippen LogP) is 5.43. The van der Waals surface area contributed by atoms with Gasteiger partial charge in [-0.1, -0.05) is 30.3 Å². The second kappa shape index (κ2) is 6.92. The van der Waals surface area contributed by atoms with Crippen molar-refractivity contribution in [2.24, 2.45) is 0 Å². The van der Waals surface area contributed by atoms with E-state index in [0.717, 1.165) is 27.4 Å². The number of amides is 1. The molecule has 1 aliphatic rings. The van der Waals surface area contributed by atoms with Gasteiger partial charge in [0, 0.05) is 33.7 Å². The number of ether oxygens (including phenoxy) is 1. The van der Waals surface area contributed by atoms with Crippen molar-refractivity contribution < 1.29 is 13.9 Å². The molecule has 3 aromatic rings. The third kappa shape index (κ3) is 2.99. The molecule has 0 radical (unpaired) electrons. The minimum absolute atomic E-state index is 0.0278. The molecule has 4 rings (SSSR count). The van der Waals surface area contributed by atoms with Crippen LogP contribution in [-0.4, -0.2) is 12.5 Å². The number of rotatable bonds is 4. The summed E-state index contributed by atoms with van der Waals surface area (Å²) in [5, 5.41) is 4.87. The lowest BCUT2D eigenvalue weighted by Crippen LogP contribution is -2.22. The molecule has 2 heterocycles. The first-order valence-corrected chi connectivity index (χ1v) is 9.44. The summed E-state index contributed by atoms with van der Waals surface area (Å²) in [7, 11) is 0. The molecule has 1 N–H and O–H groups in total. The fourth-order valence-corrected chi connectivity index (χ4v) is 4.49. The van der Waals surface area contributed by atoms with Crippen LogP contribution in [0.15, 0.2) is 53.9 Å². The molecule has 3 nitrogen and oxygen atoms in total. The number of halogens is 1. The van der Waals surface area contributed by atoms with Crippen LogP contribution in [0.1, 0.15) is 29.7 Å². The molecule has 132 valence electrons. The molecule has 1 aliphatic heterocycles. The van der Waals surface area contributed by atoms with Crippen molar-refractivity contribution in [3.63, 3.8) is 0 Å². The lowest BCUT2D eigenvalue weighted by Gasteiger charge is -2.24. The maximum atomic E-state index is 14.2. The zero-order chi connectivity index (χ0) is 18.1. The van der Waals surface area contributed by atoms with E-state index in [-0.39, 0.29) is 17.6 Å². The highest BCUT2D eigenvalue weighted by Gasteiger charge is 2.30. The third-order valence-electron chi connectivity index (χ3n) is 4.55. The summed E-state index contributed by atoms with van der Waals surface area (Å²) in [6.07, 6.45) is 0.387. The van der Waals surface area contributed by atoms with E-state index in [2.05, 4.69) is 5.32 Å². The van der Waals surface area contributed by atoms with Crippen LogP contribution in [0.5, 0.6) is 5.75 Å². The van der Waals surface area contributed by atoms with Gasteiger partial charge >= 0.3 is 0 Å². The Labute approximate surface area is 155 Å². The smallest absolute Gasteiger partial charge is 0.225 e. The molecule has 2 aromatic carbocycles. The third-order valence-corrected chi connectivity index (χ3v) is 5.64. The van der Waals surface area contributed by atoms with Crippen LogP contribution >= 0.6 is 11.3 Å². The van der Waals surface area contributed by atoms with Gasteiger partial charge in [-0.3, -0.25) is 4.79 Å². The fourth-order valence-electron chi connectivity index (χ4n) is 3.34. The number of nitrogens with one attached hydrogen (secondary N) is 1. The number of hydrogen-bond acceptors (Lipinski definition) is 3. The van der Waals surface area contributed by atoms with Crippen LogP contribution in [-0.2, 0) is 4.79 Å². The van der Waals surface area contributed by atoms with E-state index in [0.29, 0.717) is 18.6 Å². The molecule has 0 aliphatic carbocycles. The number of hydrogen-bond donors (Lipinski definition) is 1. The van der Waals surface area contributed by atoms with Crippen molar-refractivity contribution in [3.8, 4) is 16.9 Å². The maximum Gasteiger partial charge on any atom is 0.225 e. The van der Waals surface area contributed by atoms with E-state index < -0.39 is 0 Å². The molecular formula is C21H18FNO2S. The normalized spacial score (nSPS) is 16.1. The maximum absolute atomic E-state index is 14.2. The standard InChI is InChI=1S/C21H18FNO2S/c1-2-25-14-9-7-13(8-10-14)16-11-19(24)23-20-17(12-26-21(16)20)15-5-3-4-6-18(15)22/h3-10,12,16H,2,11H2,1H3,(H,23,24)/t16-/m0/s1. The number of fused-ring (bicyclic) bond motifs is 1. The van der Waals surface area contributed by atoms with Crippen molar-refractivity contribution >= 4 is 22.9 Å². The van der Waals surface area contributed by atoms with Crippen molar-refractivity contribution in [2.75, 3.05) is 11.9 Å². The van der Waals surface area contributed by atoms with Crippen molar-refractivity contribution in [2.45, 2.75) is 19.3 Å². The van der Waals surface area contributed by atoms with Gasteiger partial charge in [-0.05, 0) is 30.7 Å². The largest absolute Gasteiger partial charge is 0.494 e. The van der Waals surface area contributed by atoms with Gasteiger partial charge in [0.1, 0.15) is 11.6 Å². The number of thiophene rings is 1. The quantitative estimate of drug-likeness (QED) is 0.668. The highest BCUT2D eigenvalue weighted by atomic mass is 32.1. The van der Waals surface area contributed by atoms with Gasteiger partial charge in [-0.2, -0.15) is 0 Å². The van der Waals surface area contributed by atoms with E-state index in [1.807, 2.05) is 36.6 Å². The Morgan fingerprint density at radius 3 is 2.65 bits per heavy atom. The van der Waals surface area contributed by atoms with E-state index in [1.54, 1.807) is 29.5 Å². The average Bonchev–Trinajstić information content (AvgIpc) is 3.06. The Balaban J connectivity index is 1.75. The van der Waals surface area contributed by atoms with Crippen LogP contribution in [0, 0.1) is 5.82 Å². The van der Waals surface area contributed by atoms with Crippen molar-refractivity contribution in [3.05, 3.63) is 70.2 Å². The van der Waals surface area contributed by atoms with Gasteiger partial charge < -0.3 is 10.1 Å². The van der Waals surface area contributed by atoms with Gasteiger partial charge in [0.05, 0.1) is 12.3 Å². The summed E-state index contributed by atoms with van der Waals surface area (Å²) in [4.78, 5) is 13.4. The Bertz CT molecular complexity index is 949. The highest BCUT2D eigenvalue weighted by molar-refractivity contribution is 7.11. The molecule has 1 atom stereocenters. The topological polar surface area (TPSA) is 38.3 Å². The summed E-state index contributed by atoms with van der Waals surface area (Å²) >= 11 is 1.56. The Kier molecular flexibility index (Phi) is 4.47. The molecule has 0 saturated heterocycles. The number of anilines is 1. The molecule has 1 aromatic heterocycles. The number of carbonyl (C=O) groups excluding carboxylic acids is 1. The fraction of sp³-hybridized carbons (Fsp3) is 0.190. The van der Waals surface area contributed by atoms with Crippen LogP contribution < -0.4 is 10.1 Å². The van der Waals surface area contributed by atoms with Gasteiger partial charge in [0.15, 0.2) is 0 Å². The lowest BCUT2D eigenvalue weighted by molar-refractivity contribution is -0.116. The molecule has 0 bridgehead atoms. The van der Waals surface area contributed by atoms with Crippen molar-refractivity contribution in [1.29, 1.82) is 0 Å². The summed E-state index contributed by atoms with van der Waals surface area (Å²) in [5.74, 6) is 0.452. The lowest BCUT2D eigenvalue weighted by atomic mass is 9.89. The summed E-state index contributed by atoms with van der Waals surface area (Å²) in [6, 6.07) is 14.5. The zero-order valence-corrected chi connectivity index (χ0v) is 15.1. The van der Waals surface area contributed by atoms with Crippen LogP contribution in [0.2, 0.25) is 0 Å². The highest BCUT2D eigenvalue weighted by Crippen LogP contribution is 2.47. The molecular weight excluding hydrogens is 349 g/mol. The van der Waals surface area contributed by atoms with E-state index in [4.69, 9.17) is 4.74 Å². The molecule has 0 spiro atoms. The second-order valence-corrected chi connectivity index (χ2v) is 7.09. The molecule has 0 fully saturated rings. The first-order valence-electron chi connectivity index (χ1n) is 8.56. The van der Waals surface area contributed by atoms with Crippen molar-refractivity contribution in [1.82, 2.24) is 0 Å². The monoisotopic (exact) mass is 367 g/mol. The zero-order valence-electron chi connectivity index (χ0n) is 14.3. The van der Waals surface area contributed by atoms with Gasteiger partial charge in [0.25, 0.3) is 0 Å². The SMILES string of the molecule is CCOc1ccc([C@@H]2CC(=O)Nc3c(-c4ccccc4F)csc32)cc1. The van der Waals surface area contributed by atoms with Crippen LogP contribution in [0.4, 0.5) is 10.1 Å². The molecule has 1 amide bonds. The summed E-state index contributed by atoms with van der Waals surface area (Å²) in [6.45, 7) is 2.56. The first-order chi connectivity index (χ1) is 12.7. The average molecular weight is 367 g/mol. The molecule has 26 heavy (non-hydrogen) atoms. The van der Waals surface area contributed by atoms with Gasteiger partial charge in [0.2, 0.25) is 5.91 Å². The Hall–Kier alpha value is -2.66. The van der Waals surface area contributed by atoms with Crippen LogP contribution in [0.3, 0.4) is 0 Å². The number of benzene rings is 2. The molecule has 5 heteroatoms. The Morgan fingerprint density at radius 1 is 1.15 bits per heavy atom. The first kappa shape index (κ1) is 16.8. The minimum atomic E-state index is -0.287. The van der Waals surface area contributed by atoms with E-state index in [9.17, 15) is 9.18 Å². The molecule has 0 unspecified atom stereocenters. The minimum Gasteiger partial charge on any atom is -0.494 e. The Morgan fingerprint density at radius 2 is 1.92 bits per heavy atom. The molecule has 0 saturated carbocycles. The van der Waals surface area contributed by atoms with Gasteiger partial charge in [-0.25, -0.2) is 4.39 Å². The second-order valence-electron chi connectivity index (χ2n) is 6.18. The van der Waals surface area contributed by atoms with E-state index >= 15 is 0 Å². The number of carbonyl (C=O) groups is 1. The van der Waals surface area contributed by atoms with E-state index in [1.165, 1.54) is 6.07 Å². The van der Waals surface area contributed by atoms with Crippen LogP contribution in [0.25, 0.3) is 11.1 Å². The summed E-state index contributed by atoms with van der Waals surface area (Å²) in [5.41, 5.74) is 3.05.